The molecule has 1 fully saturated rings. The highest BCUT2D eigenvalue weighted by Crippen LogP contribution is 2.33. The van der Waals surface area contributed by atoms with E-state index in [1.54, 1.807) is 6.07 Å². The number of anilines is 2. The zero-order chi connectivity index (χ0) is 27.9. The number of pyridine rings is 1. The van der Waals surface area contributed by atoms with Gasteiger partial charge in [0.25, 0.3) is 5.91 Å². The van der Waals surface area contributed by atoms with Crippen LogP contribution < -0.4 is 16.4 Å². The molecule has 40 heavy (non-hydrogen) atoms. The van der Waals surface area contributed by atoms with Gasteiger partial charge in [-0.15, -0.1) is 0 Å². The van der Waals surface area contributed by atoms with Crippen molar-refractivity contribution in [3.8, 4) is 17.2 Å². The normalized spacial score (nSPS) is 13.6. The Morgan fingerprint density at radius 2 is 1.93 bits per heavy atom. The smallest absolute Gasteiger partial charge is 0.252 e. The lowest BCUT2D eigenvalue weighted by molar-refractivity contribution is 0.0383. The Labute approximate surface area is 231 Å². The highest BCUT2D eigenvalue weighted by atomic mass is 19.1. The summed E-state index contributed by atoms with van der Waals surface area (Å²) >= 11 is 0. The molecule has 1 saturated heterocycles. The molecule has 0 spiro atoms. The molecule has 1 amide bonds. The van der Waals surface area contributed by atoms with Crippen LogP contribution in [-0.2, 0) is 11.2 Å². The second-order valence-corrected chi connectivity index (χ2v) is 9.32. The highest BCUT2D eigenvalue weighted by molar-refractivity contribution is 6.12. The molecule has 4 aromatic rings. The standard InChI is InChI=1S/C29H29FN8O2/c30-20-6-7-23-21(16-20)26(29(39)34-10-11-38-12-14-40-15-13-38)25(19-4-2-1-3-5-19)24(37-23)8-9-33-28-22(17-31)27(32)35-18-36-28/h1-7,16,18H,8-15H2,(H,34,39)(H3,32,33,35,36). The third kappa shape index (κ3) is 5.98. The number of nitrogen functional groups attached to an aromatic ring is 1. The van der Waals surface area contributed by atoms with Gasteiger partial charge < -0.3 is 21.1 Å². The van der Waals surface area contributed by atoms with Crippen LogP contribution in [0.3, 0.4) is 0 Å². The number of carbonyl (C=O) groups excluding carboxylic acids is 1. The number of ether oxygens (including phenoxy) is 1. The quantitative estimate of drug-likeness (QED) is 0.292. The number of hydrogen-bond acceptors (Lipinski definition) is 9. The first-order valence-corrected chi connectivity index (χ1v) is 13.1. The maximum absolute atomic E-state index is 14.5. The van der Waals surface area contributed by atoms with Crippen molar-refractivity contribution < 1.29 is 13.9 Å². The van der Waals surface area contributed by atoms with Crippen LogP contribution >= 0.6 is 0 Å². The summed E-state index contributed by atoms with van der Waals surface area (Å²) in [5.74, 6) is -0.336. The number of halogens is 1. The maximum atomic E-state index is 14.5. The van der Waals surface area contributed by atoms with Crippen LogP contribution in [0.4, 0.5) is 16.0 Å². The summed E-state index contributed by atoms with van der Waals surface area (Å²) in [6.45, 7) is 4.46. The van der Waals surface area contributed by atoms with Crippen molar-refractivity contribution in [1.82, 2.24) is 25.2 Å². The number of carbonyl (C=O) groups is 1. The van der Waals surface area contributed by atoms with E-state index >= 15 is 0 Å². The van der Waals surface area contributed by atoms with Crippen LogP contribution in [0.1, 0.15) is 21.6 Å². The lowest BCUT2D eigenvalue weighted by Gasteiger charge is -2.26. The first kappa shape index (κ1) is 26.9. The summed E-state index contributed by atoms with van der Waals surface area (Å²) < 4.78 is 19.9. The first-order valence-electron chi connectivity index (χ1n) is 13.1. The highest BCUT2D eigenvalue weighted by Gasteiger charge is 2.23. The monoisotopic (exact) mass is 540 g/mol. The average molecular weight is 541 g/mol. The van der Waals surface area contributed by atoms with E-state index in [1.807, 2.05) is 36.4 Å². The molecule has 4 N–H and O–H groups in total. The molecule has 0 atom stereocenters. The minimum Gasteiger partial charge on any atom is -0.382 e. The van der Waals surface area contributed by atoms with Crippen LogP contribution in [0, 0.1) is 17.1 Å². The maximum Gasteiger partial charge on any atom is 0.252 e. The molecular weight excluding hydrogens is 511 g/mol. The van der Waals surface area contributed by atoms with Crippen molar-refractivity contribution in [2.75, 3.05) is 57.0 Å². The summed E-state index contributed by atoms with van der Waals surface area (Å²) in [6, 6.07) is 15.8. The molecule has 0 aliphatic carbocycles. The lowest BCUT2D eigenvalue weighted by atomic mass is 9.92. The Balaban J connectivity index is 1.50. The van der Waals surface area contributed by atoms with Gasteiger partial charge in [-0.2, -0.15) is 5.26 Å². The second-order valence-electron chi connectivity index (χ2n) is 9.32. The molecule has 0 bridgehead atoms. The number of nitrogens with two attached hydrogens (primary N) is 1. The van der Waals surface area contributed by atoms with Gasteiger partial charge in [0.15, 0.2) is 0 Å². The molecule has 10 nitrogen and oxygen atoms in total. The molecule has 3 heterocycles. The van der Waals surface area contributed by atoms with Crippen LogP contribution in [0.25, 0.3) is 22.0 Å². The van der Waals surface area contributed by atoms with Gasteiger partial charge in [0, 0.05) is 50.1 Å². The van der Waals surface area contributed by atoms with Crippen LogP contribution in [-0.4, -0.2) is 71.7 Å². The Bertz CT molecular complexity index is 1550. The van der Waals surface area contributed by atoms with Crippen LogP contribution in [0.5, 0.6) is 0 Å². The average Bonchev–Trinajstić information content (AvgIpc) is 2.97. The van der Waals surface area contributed by atoms with Crippen molar-refractivity contribution >= 4 is 28.4 Å². The number of aromatic nitrogens is 3. The molecule has 2 aromatic heterocycles. The van der Waals surface area contributed by atoms with Gasteiger partial charge in [-0.3, -0.25) is 14.7 Å². The summed E-state index contributed by atoms with van der Waals surface area (Å²) in [5, 5.41) is 16.1. The molecule has 0 saturated carbocycles. The Kier molecular flexibility index (Phi) is 8.39. The van der Waals surface area contributed by atoms with Gasteiger partial charge in [0.2, 0.25) is 0 Å². The minimum absolute atomic E-state index is 0.0897. The van der Waals surface area contributed by atoms with Gasteiger partial charge in [0.1, 0.15) is 35.4 Å². The number of nitrogens with one attached hydrogen (secondary N) is 2. The molecular formula is C29H29FN8O2. The van der Waals surface area contributed by atoms with Crippen LogP contribution in [0.2, 0.25) is 0 Å². The van der Waals surface area contributed by atoms with Crippen molar-refractivity contribution in [2.24, 2.45) is 0 Å². The molecule has 11 heteroatoms. The van der Waals surface area contributed by atoms with Crippen molar-refractivity contribution in [3.05, 3.63) is 77.5 Å². The fourth-order valence-corrected chi connectivity index (χ4v) is 4.80. The fourth-order valence-electron chi connectivity index (χ4n) is 4.80. The predicted molar refractivity (Wildman–Crippen MR) is 150 cm³/mol. The van der Waals surface area contributed by atoms with Crippen molar-refractivity contribution in [3.63, 3.8) is 0 Å². The van der Waals surface area contributed by atoms with E-state index in [2.05, 4.69) is 25.5 Å². The zero-order valence-electron chi connectivity index (χ0n) is 21.9. The number of fused-ring (bicyclic) bond motifs is 1. The number of benzene rings is 2. The van der Waals surface area contributed by atoms with E-state index in [9.17, 15) is 14.4 Å². The number of nitriles is 1. The first-order chi connectivity index (χ1) is 19.5. The summed E-state index contributed by atoms with van der Waals surface area (Å²) in [6.07, 6.45) is 1.68. The van der Waals surface area contributed by atoms with Gasteiger partial charge in [-0.1, -0.05) is 30.3 Å². The summed E-state index contributed by atoms with van der Waals surface area (Å²) in [7, 11) is 0. The van der Waals surface area contributed by atoms with Gasteiger partial charge in [-0.05, 0) is 23.8 Å². The van der Waals surface area contributed by atoms with Crippen molar-refractivity contribution in [2.45, 2.75) is 6.42 Å². The number of amides is 1. The molecule has 204 valence electrons. The van der Waals surface area contributed by atoms with Crippen LogP contribution in [0.15, 0.2) is 54.9 Å². The largest absolute Gasteiger partial charge is 0.382 e. The number of nitrogens with zero attached hydrogens (tertiary/aromatic N) is 5. The Hall–Kier alpha value is -4.66. The van der Waals surface area contributed by atoms with E-state index in [4.69, 9.17) is 15.5 Å². The number of morpholine rings is 1. The minimum atomic E-state index is -0.449. The molecule has 0 radical (unpaired) electrons. The van der Waals surface area contributed by atoms with E-state index < -0.39 is 5.82 Å². The van der Waals surface area contributed by atoms with E-state index in [0.29, 0.717) is 72.8 Å². The second kappa shape index (κ2) is 12.5. The fraction of sp³-hybridized carbons (Fsp3) is 0.276. The topological polar surface area (TPSA) is 142 Å². The third-order valence-corrected chi connectivity index (χ3v) is 6.77. The Morgan fingerprint density at radius 3 is 2.70 bits per heavy atom. The SMILES string of the molecule is N#Cc1c(N)ncnc1NCCc1nc2ccc(F)cc2c(C(=O)NCCN2CCOCC2)c1-c1ccccc1. The predicted octanol–water partition coefficient (Wildman–Crippen LogP) is 3.00. The van der Waals surface area contributed by atoms with E-state index in [1.165, 1.54) is 18.5 Å². The zero-order valence-corrected chi connectivity index (χ0v) is 21.9. The molecule has 5 rings (SSSR count). The summed E-state index contributed by atoms with van der Waals surface area (Å²) in [4.78, 5) is 28.9. The lowest BCUT2D eigenvalue weighted by Crippen LogP contribution is -2.41. The molecule has 1 aliphatic rings. The van der Waals surface area contributed by atoms with Gasteiger partial charge in [0.05, 0.1) is 30.0 Å². The molecule has 0 unspecified atom stereocenters. The van der Waals surface area contributed by atoms with Crippen molar-refractivity contribution in [1.29, 1.82) is 5.26 Å². The van der Waals surface area contributed by atoms with Gasteiger partial charge >= 0.3 is 0 Å². The molecule has 2 aromatic carbocycles. The number of rotatable bonds is 9. The molecule has 1 aliphatic heterocycles. The number of hydrogen-bond donors (Lipinski definition) is 3. The third-order valence-electron chi connectivity index (χ3n) is 6.77. The Morgan fingerprint density at radius 1 is 1.12 bits per heavy atom. The summed E-state index contributed by atoms with van der Waals surface area (Å²) in [5.41, 5.74) is 8.94. The van der Waals surface area contributed by atoms with E-state index in [-0.39, 0.29) is 17.3 Å². The van der Waals surface area contributed by atoms with E-state index in [0.717, 1.165) is 18.7 Å². The van der Waals surface area contributed by atoms with Gasteiger partial charge in [-0.25, -0.2) is 14.4 Å².